The van der Waals surface area contributed by atoms with Crippen molar-refractivity contribution >= 4 is 5.97 Å². The van der Waals surface area contributed by atoms with Gasteiger partial charge in [0.1, 0.15) is 5.82 Å². The third-order valence-electron chi connectivity index (χ3n) is 3.85. The lowest BCUT2D eigenvalue weighted by molar-refractivity contribution is -0.143. The van der Waals surface area contributed by atoms with Crippen LogP contribution in [0.5, 0.6) is 0 Å². The molecule has 1 heterocycles. The molecule has 0 bridgehead atoms. The molecule has 110 valence electrons. The van der Waals surface area contributed by atoms with Gasteiger partial charge in [0.2, 0.25) is 0 Å². The van der Waals surface area contributed by atoms with Crippen LogP contribution in [0.4, 0.5) is 4.39 Å². The summed E-state index contributed by atoms with van der Waals surface area (Å²) in [6.45, 7) is 5.76. The number of aliphatic carboxylic acids is 1. The summed E-state index contributed by atoms with van der Waals surface area (Å²) in [6.07, 6.45) is 0. The minimum atomic E-state index is -0.818. The van der Waals surface area contributed by atoms with Crippen LogP contribution in [0.15, 0.2) is 18.2 Å². The molecule has 0 aromatic heterocycles. The molecule has 2 rings (SSSR count). The van der Waals surface area contributed by atoms with Gasteiger partial charge in [0.05, 0.1) is 19.1 Å². The van der Waals surface area contributed by atoms with E-state index in [0.717, 1.165) is 12.1 Å². The van der Waals surface area contributed by atoms with Crippen molar-refractivity contribution in [2.24, 2.45) is 5.92 Å². The zero-order valence-electron chi connectivity index (χ0n) is 11.8. The van der Waals surface area contributed by atoms with E-state index in [1.165, 1.54) is 6.07 Å². The van der Waals surface area contributed by atoms with Gasteiger partial charge < -0.3 is 9.84 Å². The number of aryl methyl sites for hydroxylation is 1. The number of ether oxygens (including phenoxy) is 1. The average molecular weight is 281 g/mol. The highest BCUT2D eigenvalue weighted by Crippen LogP contribution is 2.22. The highest BCUT2D eigenvalue weighted by Gasteiger charge is 2.37. The van der Waals surface area contributed by atoms with Gasteiger partial charge in [-0.3, -0.25) is 9.69 Å². The quantitative estimate of drug-likeness (QED) is 0.897. The van der Waals surface area contributed by atoms with Crippen LogP contribution in [0.3, 0.4) is 0 Å². The fraction of sp³-hybridized carbons (Fsp3) is 0.533. The number of hydrogen-bond donors (Lipinski definition) is 1. The van der Waals surface area contributed by atoms with Crippen LogP contribution >= 0.6 is 0 Å². The molecule has 1 fully saturated rings. The van der Waals surface area contributed by atoms with Crippen LogP contribution < -0.4 is 0 Å². The summed E-state index contributed by atoms with van der Waals surface area (Å²) in [5.41, 5.74) is 1.60. The van der Waals surface area contributed by atoms with Crippen LogP contribution in [-0.4, -0.2) is 41.8 Å². The van der Waals surface area contributed by atoms with Gasteiger partial charge in [0.25, 0.3) is 0 Å². The molecule has 2 atom stereocenters. The summed E-state index contributed by atoms with van der Waals surface area (Å²) in [5, 5.41) is 9.22. The number of carboxylic acid groups (broad SMARTS) is 1. The molecule has 1 aromatic rings. The molecule has 1 saturated heterocycles. The van der Waals surface area contributed by atoms with Crippen LogP contribution in [0.1, 0.15) is 18.1 Å². The number of carboxylic acids is 1. The molecule has 1 aliphatic rings. The minimum Gasteiger partial charge on any atom is -0.481 e. The van der Waals surface area contributed by atoms with Crippen molar-refractivity contribution in [2.75, 3.05) is 19.8 Å². The molecular weight excluding hydrogens is 261 g/mol. The van der Waals surface area contributed by atoms with E-state index in [2.05, 4.69) is 4.90 Å². The van der Waals surface area contributed by atoms with Crippen LogP contribution in [0, 0.1) is 18.7 Å². The SMILES string of the molecule is CCN(Cc1ccc(F)c(C)c1)C1COCC1C(=O)O. The molecule has 0 amide bonds. The summed E-state index contributed by atoms with van der Waals surface area (Å²) >= 11 is 0. The number of nitrogens with zero attached hydrogens (tertiary/aromatic N) is 1. The zero-order valence-corrected chi connectivity index (χ0v) is 11.8. The largest absolute Gasteiger partial charge is 0.481 e. The average Bonchev–Trinajstić information content (AvgIpc) is 2.89. The number of benzene rings is 1. The third-order valence-corrected chi connectivity index (χ3v) is 3.85. The molecule has 0 radical (unpaired) electrons. The Hall–Kier alpha value is -1.46. The number of rotatable bonds is 5. The first-order valence-electron chi connectivity index (χ1n) is 6.82. The Bertz CT molecular complexity index is 492. The second-order valence-electron chi connectivity index (χ2n) is 5.20. The maximum atomic E-state index is 13.3. The number of halogens is 1. The van der Waals surface area contributed by atoms with Crippen molar-refractivity contribution in [1.29, 1.82) is 0 Å². The number of hydrogen-bond acceptors (Lipinski definition) is 3. The Morgan fingerprint density at radius 3 is 2.85 bits per heavy atom. The van der Waals surface area contributed by atoms with E-state index in [1.54, 1.807) is 13.0 Å². The number of carbonyl (C=O) groups is 1. The van der Waals surface area contributed by atoms with E-state index in [4.69, 9.17) is 4.74 Å². The van der Waals surface area contributed by atoms with E-state index in [-0.39, 0.29) is 18.5 Å². The van der Waals surface area contributed by atoms with Crippen molar-refractivity contribution in [3.63, 3.8) is 0 Å². The Morgan fingerprint density at radius 1 is 1.50 bits per heavy atom. The predicted molar refractivity (Wildman–Crippen MR) is 73.0 cm³/mol. The van der Waals surface area contributed by atoms with Crippen LogP contribution in [-0.2, 0) is 16.1 Å². The first kappa shape index (κ1) is 14.9. The standard InChI is InChI=1S/C15H20FNO3/c1-3-17(14-9-20-8-12(14)15(18)19)7-11-4-5-13(16)10(2)6-11/h4-6,12,14H,3,7-9H2,1-2H3,(H,18,19). The summed E-state index contributed by atoms with van der Waals surface area (Å²) in [6, 6.07) is 4.89. The summed E-state index contributed by atoms with van der Waals surface area (Å²) in [5.74, 6) is -1.53. The van der Waals surface area contributed by atoms with Gasteiger partial charge in [-0.25, -0.2) is 4.39 Å². The molecule has 20 heavy (non-hydrogen) atoms. The summed E-state index contributed by atoms with van der Waals surface area (Å²) < 4.78 is 18.6. The van der Waals surface area contributed by atoms with Crippen LogP contribution in [0.25, 0.3) is 0 Å². The Labute approximate surface area is 118 Å². The predicted octanol–water partition coefficient (Wildman–Crippen LogP) is 2.06. The van der Waals surface area contributed by atoms with Gasteiger partial charge >= 0.3 is 5.97 Å². The minimum absolute atomic E-state index is 0.122. The zero-order chi connectivity index (χ0) is 14.7. The molecule has 1 N–H and O–H groups in total. The fourth-order valence-electron chi connectivity index (χ4n) is 2.64. The lowest BCUT2D eigenvalue weighted by atomic mass is 10.0. The van der Waals surface area contributed by atoms with E-state index in [1.807, 2.05) is 13.0 Å². The molecule has 1 aliphatic heterocycles. The van der Waals surface area contributed by atoms with Crippen molar-refractivity contribution < 1.29 is 19.0 Å². The first-order chi connectivity index (χ1) is 9.52. The van der Waals surface area contributed by atoms with E-state index in [9.17, 15) is 14.3 Å². The van der Waals surface area contributed by atoms with Gasteiger partial charge in [-0.05, 0) is 30.7 Å². The lowest BCUT2D eigenvalue weighted by Crippen LogP contribution is -2.42. The summed E-state index contributed by atoms with van der Waals surface area (Å²) in [4.78, 5) is 13.3. The molecule has 0 saturated carbocycles. The van der Waals surface area contributed by atoms with Crippen molar-refractivity contribution in [2.45, 2.75) is 26.4 Å². The molecular formula is C15H20FNO3. The van der Waals surface area contributed by atoms with Gasteiger partial charge in [-0.2, -0.15) is 0 Å². The topological polar surface area (TPSA) is 49.8 Å². The summed E-state index contributed by atoms with van der Waals surface area (Å²) in [7, 11) is 0. The lowest BCUT2D eigenvalue weighted by Gasteiger charge is -2.29. The Morgan fingerprint density at radius 2 is 2.25 bits per heavy atom. The molecule has 5 heteroatoms. The van der Waals surface area contributed by atoms with Gasteiger partial charge in [0, 0.05) is 12.6 Å². The van der Waals surface area contributed by atoms with Gasteiger partial charge in [-0.15, -0.1) is 0 Å². The Kier molecular flexibility index (Phi) is 4.73. The van der Waals surface area contributed by atoms with Gasteiger partial charge in [0.15, 0.2) is 0 Å². The van der Waals surface area contributed by atoms with Crippen LogP contribution in [0.2, 0.25) is 0 Å². The Balaban J connectivity index is 2.12. The third kappa shape index (κ3) is 3.16. The van der Waals surface area contributed by atoms with Crippen molar-refractivity contribution in [3.8, 4) is 0 Å². The smallest absolute Gasteiger partial charge is 0.310 e. The van der Waals surface area contributed by atoms with Crippen molar-refractivity contribution in [3.05, 3.63) is 35.1 Å². The molecule has 2 unspecified atom stereocenters. The second kappa shape index (κ2) is 6.33. The highest BCUT2D eigenvalue weighted by molar-refractivity contribution is 5.71. The maximum absolute atomic E-state index is 13.3. The number of likely N-dealkylation sites (N-methyl/N-ethyl adjacent to an activating group) is 1. The van der Waals surface area contributed by atoms with E-state index in [0.29, 0.717) is 18.7 Å². The van der Waals surface area contributed by atoms with E-state index < -0.39 is 11.9 Å². The highest BCUT2D eigenvalue weighted by atomic mass is 19.1. The first-order valence-corrected chi connectivity index (χ1v) is 6.82. The van der Waals surface area contributed by atoms with Crippen molar-refractivity contribution in [1.82, 2.24) is 4.90 Å². The normalized spacial score (nSPS) is 22.4. The fourth-order valence-corrected chi connectivity index (χ4v) is 2.64. The maximum Gasteiger partial charge on any atom is 0.310 e. The second-order valence-corrected chi connectivity index (χ2v) is 5.20. The molecule has 0 aliphatic carbocycles. The monoisotopic (exact) mass is 281 g/mol. The van der Waals surface area contributed by atoms with E-state index >= 15 is 0 Å². The molecule has 0 spiro atoms. The molecule has 1 aromatic carbocycles. The van der Waals surface area contributed by atoms with Gasteiger partial charge in [-0.1, -0.05) is 19.1 Å². The molecule has 4 nitrogen and oxygen atoms in total.